The van der Waals surface area contributed by atoms with Crippen LogP contribution in [0.25, 0.3) is 6.08 Å². The lowest BCUT2D eigenvalue weighted by Gasteiger charge is -2.36. The quantitative estimate of drug-likeness (QED) is 0.808. The topological polar surface area (TPSA) is 91.8 Å². The second kappa shape index (κ2) is 7.82. The minimum Gasteiger partial charge on any atom is -0.478 e. The minimum atomic E-state index is -3.21. The van der Waals surface area contributed by atoms with Gasteiger partial charge in [-0.05, 0) is 36.6 Å². The molecule has 0 aromatic heterocycles. The number of carboxylic acid groups (broad SMARTS) is 1. The van der Waals surface area contributed by atoms with E-state index in [1.54, 1.807) is 25.3 Å². The number of benzene rings is 1. The first-order valence-corrected chi connectivity index (χ1v) is 10.1. The predicted octanol–water partition coefficient (Wildman–Crippen LogP) is 2.21. The number of nitrogens with zero attached hydrogens (tertiary/aromatic N) is 1. The number of carbonyl (C=O) groups is 2. The van der Waals surface area contributed by atoms with Crippen molar-refractivity contribution in [2.75, 3.05) is 13.3 Å². The molecule has 1 N–H and O–H groups in total. The number of rotatable bonds is 5. The van der Waals surface area contributed by atoms with Crippen molar-refractivity contribution in [1.29, 1.82) is 0 Å². The fraction of sp³-hybridized carbons (Fsp3) is 0.444. The largest absolute Gasteiger partial charge is 0.478 e. The molecule has 1 aromatic rings. The molecule has 1 saturated carbocycles. The predicted molar refractivity (Wildman–Crippen MR) is 96.1 cm³/mol. The summed E-state index contributed by atoms with van der Waals surface area (Å²) < 4.78 is 24.0. The molecule has 0 heterocycles. The number of sulfone groups is 1. The van der Waals surface area contributed by atoms with Crippen molar-refractivity contribution in [2.24, 2.45) is 0 Å². The smallest absolute Gasteiger partial charge is 0.335 e. The molecule has 6 nitrogen and oxygen atoms in total. The molecule has 0 bridgehead atoms. The summed E-state index contributed by atoms with van der Waals surface area (Å²) in [5, 5.41) is 8.36. The van der Waals surface area contributed by atoms with Crippen LogP contribution in [0.1, 0.15) is 41.6 Å². The molecule has 0 spiro atoms. The van der Waals surface area contributed by atoms with Crippen LogP contribution < -0.4 is 0 Å². The van der Waals surface area contributed by atoms with Crippen LogP contribution in [-0.2, 0) is 14.6 Å². The number of aromatic carboxylic acids is 1. The van der Waals surface area contributed by atoms with Gasteiger partial charge in [0, 0.05) is 25.4 Å². The Balaban J connectivity index is 2.09. The summed E-state index contributed by atoms with van der Waals surface area (Å²) in [7, 11) is -1.57. The monoisotopic (exact) mass is 365 g/mol. The maximum absolute atomic E-state index is 12.4. The van der Waals surface area contributed by atoms with Gasteiger partial charge in [-0.2, -0.15) is 0 Å². The van der Waals surface area contributed by atoms with Gasteiger partial charge in [-0.1, -0.05) is 25.0 Å². The van der Waals surface area contributed by atoms with Crippen molar-refractivity contribution in [2.45, 2.75) is 37.0 Å². The van der Waals surface area contributed by atoms with E-state index in [2.05, 4.69) is 0 Å². The highest BCUT2D eigenvalue weighted by molar-refractivity contribution is 7.91. The molecule has 2 unspecified atom stereocenters. The molecule has 2 atom stereocenters. The van der Waals surface area contributed by atoms with E-state index in [1.165, 1.54) is 29.4 Å². The number of hydrogen-bond donors (Lipinski definition) is 1. The third kappa shape index (κ3) is 4.92. The summed E-state index contributed by atoms with van der Waals surface area (Å²) in [4.78, 5) is 24.7. The van der Waals surface area contributed by atoms with E-state index in [-0.39, 0.29) is 17.5 Å². The van der Waals surface area contributed by atoms with Crippen LogP contribution in [0.5, 0.6) is 0 Å². The maximum Gasteiger partial charge on any atom is 0.335 e. The summed E-state index contributed by atoms with van der Waals surface area (Å²) in [6.45, 7) is 0. The van der Waals surface area contributed by atoms with E-state index in [0.29, 0.717) is 18.4 Å². The SMILES string of the molecule is CN(C(=O)/C=C/c1ccc(C(=O)O)cc1)C1CCCCC1S(C)(=O)=O. The second-order valence-corrected chi connectivity index (χ2v) is 8.69. The van der Waals surface area contributed by atoms with E-state index in [1.807, 2.05) is 0 Å². The standard InChI is InChI=1S/C18H23NO5S/c1-19(15-5-3-4-6-16(15)25(2,23)24)17(20)12-9-13-7-10-14(11-8-13)18(21)22/h7-12,15-16H,3-6H2,1-2H3,(H,21,22)/b12-9+. The molecule has 1 fully saturated rings. The first kappa shape index (κ1) is 19.2. The Hall–Kier alpha value is -2.15. The molecule has 0 saturated heterocycles. The van der Waals surface area contributed by atoms with Crippen molar-refractivity contribution < 1.29 is 23.1 Å². The van der Waals surface area contributed by atoms with Gasteiger partial charge in [-0.3, -0.25) is 4.79 Å². The average molecular weight is 365 g/mol. The Labute approximate surface area is 148 Å². The van der Waals surface area contributed by atoms with Gasteiger partial charge in [0.1, 0.15) is 0 Å². The number of hydrogen-bond acceptors (Lipinski definition) is 4. The number of carbonyl (C=O) groups excluding carboxylic acids is 1. The van der Waals surface area contributed by atoms with E-state index in [4.69, 9.17) is 5.11 Å². The first-order chi connectivity index (χ1) is 11.7. The molecular formula is C18H23NO5S. The van der Waals surface area contributed by atoms with Crippen LogP contribution in [0, 0.1) is 0 Å². The van der Waals surface area contributed by atoms with Gasteiger partial charge in [0.05, 0.1) is 10.8 Å². The molecule has 1 amide bonds. The summed E-state index contributed by atoms with van der Waals surface area (Å²) >= 11 is 0. The van der Waals surface area contributed by atoms with Gasteiger partial charge in [0.15, 0.2) is 9.84 Å². The number of carboxylic acids is 1. The van der Waals surface area contributed by atoms with E-state index >= 15 is 0 Å². The molecule has 0 radical (unpaired) electrons. The second-order valence-electron chi connectivity index (χ2n) is 6.43. The van der Waals surface area contributed by atoms with Crippen molar-refractivity contribution in [3.63, 3.8) is 0 Å². The molecule has 1 aliphatic rings. The first-order valence-electron chi connectivity index (χ1n) is 8.17. The van der Waals surface area contributed by atoms with E-state index < -0.39 is 21.1 Å². The Morgan fingerprint density at radius 1 is 1.16 bits per heavy atom. The van der Waals surface area contributed by atoms with Crippen molar-refractivity contribution in [1.82, 2.24) is 4.90 Å². The molecule has 136 valence electrons. The van der Waals surface area contributed by atoms with Gasteiger partial charge in [0.25, 0.3) is 0 Å². The zero-order valence-electron chi connectivity index (χ0n) is 14.4. The highest BCUT2D eigenvalue weighted by Crippen LogP contribution is 2.27. The van der Waals surface area contributed by atoms with Crippen LogP contribution in [0.3, 0.4) is 0 Å². The summed E-state index contributed by atoms with van der Waals surface area (Å²) in [6, 6.07) is 5.87. The Morgan fingerprint density at radius 3 is 2.32 bits per heavy atom. The van der Waals surface area contributed by atoms with Crippen LogP contribution in [0.4, 0.5) is 0 Å². The molecular weight excluding hydrogens is 342 g/mol. The molecule has 0 aliphatic heterocycles. The molecule has 7 heteroatoms. The van der Waals surface area contributed by atoms with E-state index in [0.717, 1.165) is 12.8 Å². The normalized spacial score (nSPS) is 21.2. The van der Waals surface area contributed by atoms with Gasteiger partial charge >= 0.3 is 5.97 Å². The van der Waals surface area contributed by atoms with Crippen LogP contribution >= 0.6 is 0 Å². The van der Waals surface area contributed by atoms with Crippen molar-refractivity contribution in [3.05, 3.63) is 41.5 Å². The highest BCUT2D eigenvalue weighted by atomic mass is 32.2. The Kier molecular flexibility index (Phi) is 6.00. The summed E-state index contributed by atoms with van der Waals surface area (Å²) in [6.07, 6.45) is 7.26. The van der Waals surface area contributed by atoms with Crippen LogP contribution in [0.15, 0.2) is 30.3 Å². The minimum absolute atomic E-state index is 0.179. The zero-order valence-corrected chi connectivity index (χ0v) is 15.2. The third-order valence-corrected chi connectivity index (χ3v) is 6.29. The van der Waals surface area contributed by atoms with Crippen LogP contribution in [-0.4, -0.2) is 54.9 Å². The third-order valence-electron chi connectivity index (χ3n) is 4.64. The highest BCUT2D eigenvalue weighted by Gasteiger charge is 2.36. The summed E-state index contributed by atoms with van der Waals surface area (Å²) in [5.74, 6) is -1.27. The zero-order chi connectivity index (χ0) is 18.6. The fourth-order valence-electron chi connectivity index (χ4n) is 3.21. The number of amides is 1. The van der Waals surface area contributed by atoms with Crippen LogP contribution in [0.2, 0.25) is 0 Å². The Bertz CT molecular complexity index is 767. The lowest BCUT2D eigenvalue weighted by atomic mass is 9.93. The van der Waals surface area contributed by atoms with E-state index in [9.17, 15) is 18.0 Å². The lowest BCUT2D eigenvalue weighted by molar-refractivity contribution is -0.127. The fourth-order valence-corrected chi connectivity index (χ4v) is 4.69. The molecule has 1 aromatic carbocycles. The van der Waals surface area contributed by atoms with Gasteiger partial charge < -0.3 is 10.0 Å². The molecule has 1 aliphatic carbocycles. The lowest BCUT2D eigenvalue weighted by Crippen LogP contribution is -2.48. The summed E-state index contributed by atoms with van der Waals surface area (Å²) in [5.41, 5.74) is 0.883. The van der Waals surface area contributed by atoms with Crippen molar-refractivity contribution >= 4 is 27.8 Å². The maximum atomic E-state index is 12.4. The average Bonchev–Trinajstić information content (AvgIpc) is 2.58. The number of likely N-dealkylation sites (N-methyl/N-ethyl adjacent to an activating group) is 1. The van der Waals surface area contributed by atoms with Gasteiger partial charge in [-0.15, -0.1) is 0 Å². The molecule has 2 rings (SSSR count). The van der Waals surface area contributed by atoms with Crippen molar-refractivity contribution in [3.8, 4) is 0 Å². The van der Waals surface area contributed by atoms with Gasteiger partial charge in [-0.25, -0.2) is 13.2 Å². The Morgan fingerprint density at radius 2 is 1.76 bits per heavy atom. The molecule has 25 heavy (non-hydrogen) atoms. The van der Waals surface area contributed by atoms with Gasteiger partial charge in [0.2, 0.25) is 5.91 Å².